The molecule has 0 fully saturated rings. The Bertz CT molecular complexity index is 526. The van der Waals surface area contributed by atoms with Crippen molar-refractivity contribution in [3.63, 3.8) is 0 Å². The van der Waals surface area contributed by atoms with Gasteiger partial charge in [-0.3, -0.25) is 4.79 Å². The molecule has 0 atom stereocenters. The van der Waals surface area contributed by atoms with Crippen molar-refractivity contribution in [2.45, 2.75) is 0 Å². The molecule has 0 aliphatic heterocycles. The Hall–Kier alpha value is -1.94. The van der Waals surface area contributed by atoms with E-state index in [9.17, 15) is 13.6 Å². The van der Waals surface area contributed by atoms with Gasteiger partial charge in [0.15, 0.2) is 0 Å². The van der Waals surface area contributed by atoms with Crippen molar-refractivity contribution in [2.75, 3.05) is 12.4 Å². The second-order valence-corrected chi connectivity index (χ2v) is 3.88. The molecule has 5 heteroatoms. The minimum atomic E-state index is -0.569. The van der Waals surface area contributed by atoms with Crippen molar-refractivity contribution < 1.29 is 13.6 Å². The molecule has 0 bridgehead atoms. The Kier molecular flexibility index (Phi) is 5.96. The first-order chi connectivity index (χ1) is 9.02. The van der Waals surface area contributed by atoms with E-state index in [1.165, 1.54) is 36.4 Å². The van der Waals surface area contributed by atoms with Crippen LogP contribution in [0.5, 0.6) is 0 Å². The number of carbonyl (C=O) groups is 1. The molecule has 0 aliphatic rings. The number of hydrogen-bond acceptors (Lipinski definition) is 2. The summed E-state index contributed by atoms with van der Waals surface area (Å²) in [4.78, 5) is 10.4. The van der Waals surface area contributed by atoms with Gasteiger partial charge in [0.1, 0.15) is 11.6 Å². The van der Waals surface area contributed by atoms with Gasteiger partial charge in [-0.25, -0.2) is 8.78 Å². The van der Waals surface area contributed by atoms with E-state index in [1.54, 1.807) is 19.2 Å². The monoisotopic (exact) mass is 283 g/mol. The molecule has 0 unspecified atom stereocenters. The maximum Gasteiger partial charge on any atom is 0.252 e. The van der Waals surface area contributed by atoms with Gasteiger partial charge in [0.05, 0.1) is 0 Å². The summed E-state index contributed by atoms with van der Waals surface area (Å²) >= 11 is 5.09. The second-order valence-electron chi connectivity index (χ2n) is 3.54. The maximum atomic E-state index is 12.2. The van der Waals surface area contributed by atoms with Gasteiger partial charge in [0.25, 0.3) is 5.24 Å². The SMILES string of the molecule is CNc1ccc(F)cc1.O=C(Cl)c1ccc(F)cc1. The molecule has 0 spiro atoms. The predicted octanol–water partition coefficient (Wildman–Crippen LogP) is 4.07. The molecule has 1 N–H and O–H groups in total. The van der Waals surface area contributed by atoms with E-state index in [0.717, 1.165) is 5.69 Å². The summed E-state index contributed by atoms with van der Waals surface area (Å²) in [6, 6.07) is 11.3. The number of nitrogens with one attached hydrogen (secondary N) is 1. The van der Waals surface area contributed by atoms with Crippen LogP contribution in [0.3, 0.4) is 0 Å². The molecule has 0 amide bonds. The van der Waals surface area contributed by atoms with Crippen LogP contribution in [0, 0.1) is 11.6 Å². The fraction of sp³-hybridized carbons (Fsp3) is 0.0714. The maximum absolute atomic E-state index is 12.2. The summed E-state index contributed by atoms with van der Waals surface area (Å²) < 4.78 is 24.4. The lowest BCUT2D eigenvalue weighted by Gasteiger charge is -1.95. The number of carbonyl (C=O) groups excluding carboxylic acids is 1. The number of benzene rings is 2. The summed E-state index contributed by atoms with van der Waals surface area (Å²) in [5.41, 5.74) is 1.24. The standard InChI is InChI=1S/C7H4ClFO.C7H8FN/c8-7(10)5-1-3-6(9)4-2-5;1-9-7-4-2-6(8)3-5-7/h1-4H;2-5,9H,1H3. The number of rotatable bonds is 2. The van der Waals surface area contributed by atoms with Crippen LogP contribution < -0.4 is 5.32 Å². The van der Waals surface area contributed by atoms with Gasteiger partial charge in [-0.05, 0) is 60.1 Å². The van der Waals surface area contributed by atoms with Crippen LogP contribution in [0.15, 0.2) is 48.5 Å². The first-order valence-corrected chi connectivity index (χ1v) is 5.79. The van der Waals surface area contributed by atoms with E-state index in [-0.39, 0.29) is 11.6 Å². The fourth-order valence-corrected chi connectivity index (χ4v) is 1.32. The van der Waals surface area contributed by atoms with Crippen LogP contribution in [-0.2, 0) is 0 Å². The van der Waals surface area contributed by atoms with E-state index in [1.807, 2.05) is 0 Å². The molecule has 0 radical (unpaired) electrons. The third kappa shape index (κ3) is 5.48. The average molecular weight is 284 g/mol. The number of halogens is 3. The van der Waals surface area contributed by atoms with Gasteiger partial charge in [0, 0.05) is 18.3 Å². The van der Waals surface area contributed by atoms with Crippen LogP contribution in [-0.4, -0.2) is 12.3 Å². The molecular weight excluding hydrogens is 272 g/mol. The second kappa shape index (κ2) is 7.48. The fourth-order valence-electron chi connectivity index (χ4n) is 1.20. The van der Waals surface area contributed by atoms with Crippen LogP contribution in [0.4, 0.5) is 14.5 Å². The molecule has 0 saturated carbocycles. The normalized spacial score (nSPS) is 9.26. The zero-order valence-corrected chi connectivity index (χ0v) is 10.9. The first-order valence-electron chi connectivity index (χ1n) is 5.41. The van der Waals surface area contributed by atoms with Crippen molar-refractivity contribution in [1.29, 1.82) is 0 Å². The summed E-state index contributed by atoms with van der Waals surface area (Å²) in [6.45, 7) is 0. The highest BCUT2D eigenvalue weighted by Crippen LogP contribution is 2.06. The Labute approximate surface area is 115 Å². The minimum Gasteiger partial charge on any atom is -0.388 e. The largest absolute Gasteiger partial charge is 0.388 e. The Morgan fingerprint density at radius 1 is 0.947 bits per heavy atom. The summed E-state index contributed by atoms with van der Waals surface area (Å²) in [5, 5.41) is 2.32. The summed E-state index contributed by atoms with van der Waals surface area (Å²) in [7, 11) is 1.80. The van der Waals surface area contributed by atoms with Gasteiger partial charge in [-0.2, -0.15) is 0 Å². The average Bonchev–Trinajstić information content (AvgIpc) is 2.41. The van der Waals surface area contributed by atoms with Crippen molar-refractivity contribution >= 4 is 22.5 Å². The van der Waals surface area contributed by atoms with Crippen LogP contribution in [0.25, 0.3) is 0 Å². The Balaban J connectivity index is 0.000000191. The van der Waals surface area contributed by atoms with Gasteiger partial charge >= 0.3 is 0 Å². The molecule has 0 aliphatic carbocycles. The zero-order valence-electron chi connectivity index (χ0n) is 10.2. The van der Waals surface area contributed by atoms with Crippen molar-refractivity contribution in [3.8, 4) is 0 Å². The Morgan fingerprint density at radius 2 is 1.37 bits per heavy atom. The Morgan fingerprint density at radius 3 is 1.74 bits per heavy atom. The summed E-state index contributed by atoms with van der Waals surface area (Å²) in [5.74, 6) is -0.573. The lowest BCUT2D eigenvalue weighted by atomic mass is 10.2. The lowest BCUT2D eigenvalue weighted by Crippen LogP contribution is -1.87. The zero-order chi connectivity index (χ0) is 14.3. The lowest BCUT2D eigenvalue weighted by molar-refractivity contribution is 0.108. The smallest absolute Gasteiger partial charge is 0.252 e. The molecule has 19 heavy (non-hydrogen) atoms. The van der Waals surface area contributed by atoms with Gasteiger partial charge in [0.2, 0.25) is 0 Å². The van der Waals surface area contributed by atoms with Crippen LogP contribution in [0.2, 0.25) is 0 Å². The van der Waals surface area contributed by atoms with E-state index in [4.69, 9.17) is 11.6 Å². The topological polar surface area (TPSA) is 29.1 Å². The molecular formula is C14H12ClF2NO. The molecule has 0 aromatic heterocycles. The van der Waals surface area contributed by atoms with Crippen molar-refractivity contribution in [3.05, 3.63) is 65.7 Å². The highest BCUT2D eigenvalue weighted by atomic mass is 35.5. The summed E-state index contributed by atoms with van der Waals surface area (Å²) in [6.07, 6.45) is 0. The number of hydrogen-bond donors (Lipinski definition) is 1. The first kappa shape index (κ1) is 15.1. The van der Waals surface area contributed by atoms with Gasteiger partial charge in [-0.1, -0.05) is 0 Å². The minimum absolute atomic E-state index is 0.200. The van der Waals surface area contributed by atoms with Crippen LogP contribution >= 0.6 is 11.6 Å². The molecule has 2 nitrogen and oxygen atoms in total. The van der Waals surface area contributed by atoms with E-state index in [2.05, 4.69) is 5.32 Å². The molecule has 2 aromatic rings. The molecule has 0 heterocycles. The van der Waals surface area contributed by atoms with Gasteiger partial charge in [-0.15, -0.1) is 0 Å². The third-order valence-electron chi connectivity index (χ3n) is 2.20. The van der Waals surface area contributed by atoms with Crippen molar-refractivity contribution in [2.24, 2.45) is 0 Å². The molecule has 0 saturated heterocycles. The predicted molar refractivity (Wildman–Crippen MR) is 72.5 cm³/mol. The molecule has 2 rings (SSSR count). The van der Waals surface area contributed by atoms with Crippen molar-refractivity contribution in [1.82, 2.24) is 0 Å². The third-order valence-corrected chi connectivity index (χ3v) is 2.42. The van der Waals surface area contributed by atoms with Crippen LogP contribution in [0.1, 0.15) is 10.4 Å². The van der Waals surface area contributed by atoms with E-state index in [0.29, 0.717) is 5.56 Å². The van der Waals surface area contributed by atoms with E-state index >= 15 is 0 Å². The quantitative estimate of drug-likeness (QED) is 0.842. The molecule has 100 valence electrons. The highest BCUT2D eigenvalue weighted by molar-refractivity contribution is 6.67. The highest BCUT2D eigenvalue weighted by Gasteiger charge is 1.99. The van der Waals surface area contributed by atoms with Gasteiger partial charge < -0.3 is 5.32 Å². The number of anilines is 1. The molecule has 2 aromatic carbocycles. The van der Waals surface area contributed by atoms with E-state index < -0.39 is 5.24 Å².